The van der Waals surface area contributed by atoms with Gasteiger partial charge in [-0.2, -0.15) is 0 Å². The third kappa shape index (κ3) is 4.41. The van der Waals surface area contributed by atoms with Crippen molar-refractivity contribution in [2.75, 3.05) is 0 Å². The lowest BCUT2D eigenvalue weighted by atomic mass is 10.0. The quantitative estimate of drug-likeness (QED) is 0.180. The number of fused-ring (bicyclic) bond motifs is 12. The second-order valence-corrected chi connectivity index (χ2v) is 15.4. The fraction of sp³-hybridized carbons (Fsp3) is 0.0189. The van der Waals surface area contributed by atoms with Crippen LogP contribution in [0.25, 0.3) is 105 Å². The summed E-state index contributed by atoms with van der Waals surface area (Å²) in [5.74, 6) is 0.700. The van der Waals surface area contributed by atoms with Gasteiger partial charge in [0.1, 0.15) is 0 Å². The summed E-state index contributed by atoms with van der Waals surface area (Å²) >= 11 is 0. The molecule has 58 heavy (non-hydrogen) atoms. The summed E-state index contributed by atoms with van der Waals surface area (Å²) in [5, 5.41) is 7.32. The molecule has 1 aliphatic carbocycles. The van der Waals surface area contributed by atoms with Crippen LogP contribution < -0.4 is 0 Å². The summed E-state index contributed by atoms with van der Waals surface area (Å²) in [6, 6.07) is 66.0. The lowest BCUT2D eigenvalue weighted by Crippen LogP contribution is -2.02. The first kappa shape index (κ1) is 31.4. The summed E-state index contributed by atoms with van der Waals surface area (Å²) in [7, 11) is 0. The van der Waals surface area contributed by atoms with E-state index in [-0.39, 0.29) is 0 Å². The number of hydrogen-bond acceptors (Lipinski definition) is 2. The molecular formula is C53H33N5. The van der Waals surface area contributed by atoms with Crippen molar-refractivity contribution in [3.63, 3.8) is 0 Å². The van der Waals surface area contributed by atoms with Crippen molar-refractivity contribution >= 4 is 65.4 Å². The lowest BCUT2D eigenvalue weighted by molar-refractivity contribution is 0.980. The van der Waals surface area contributed by atoms with E-state index in [2.05, 4.69) is 196 Å². The maximum Gasteiger partial charge on any atom is 0.235 e. The fourth-order valence-corrected chi connectivity index (χ4v) is 9.73. The van der Waals surface area contributed by atoms with Gasteiger partial charge in [0.2, 0.25) is 5.95 Å². The Kier molecular flexibility index (Phi) is 6.44. The molecule has 8 aromatic carbocycles. The van der Waals surface area contributed by atoms with Gasteiger partial charge in [-0.3, -0.25) is 4.57 Å². The summed E-state index contributed by atoms with van der Waals surface area (Å²) in [6.07, 6.45) is 2.89. The molecule has 4 aromatic heterocycles. The highest BCUT2D eigenvalue weighted by Crippen LogP contribution is 2.41. The molecule has 0 spiro atoms. The molecule has 0 radical (unpaired) electrons. The summed E-state index contributed by atoms with van der Waals surface area (Å²) < 4.78 is 7.02. The van der Waals surface area contributed by atoms with Gasteiger partial charge < -0.3 is 9.13 Å². The molecule has 0 atom stereocenters. The van der Waals surface area contributed by atoms with E-state index in [1.807, 2.05) is 6.20 Å². The molecule has 12 aromatic rings. The van der Waals surface area contributed by atoms with Crippen molar-refractivity contribution in [3.05, 3.63) is 199 Å². The Morgan fingerprint density at radius 1 is 0.362 bits per heavy atom. The van der Waals surface area contributed by atoms with Crippen LogP contribution in [0, 0.1) is 0 Å². The van der Waals surface area contributed by atoms with Crippen molar-refractivity contribution in [1.82, 2.24) is 23.7 Å². The standard InChI is InChI=1S/C53H33N5/c1-2-13-37(14-3-1)56-46-19-9-7-18-42(46)45-31-38(24-27-50(45)56)57-47-20-10-6-16-40(47)43-29-33(22-25-49(43)57)34-23-26-51-44(30-34)41-17-8-11-21-48(41)58(51)53-54-32-36-28-35-12-4-5-15-39(35)52(36)55-53/h1-27,29-32H,28H2. The first-order valence-electron chi connectivity index (χ1n) is 19.9. The zero-order chi connectivity index (χ0) is 37.9. The van der Waals surface area contributed by atoms with E-state index in [1.54, 1.807) is 0 Å². The Morgan fingerprint density at radius 3 is 1.53 bits per heavy atom. The number of benzene rings is 8. The third-order valence-corrected chi connectivity index (χ3v) is 12.3. The maximum absolute atomic E-state index is 5.20. The Hall–Kier alpha value is -7.76. The van der Waals surface area contributed by atoms with Gasteiger partial charge >= 0.3 is 0 Å². The Morgan fingerprint density at radius 2 is 0.862 bits per heavy atom. The molecule has 1 aliphatic rings. The molecule has 0 bridgehead atoms. The third-order valence-electron chi connectivity index (χ3n) is 12.3. The van der Waals surface area contributed by atoms with Gasteiger partial charge in [0.25, 0.3) is 0 Å². The highest BCUT2D eigenvalue weighted by Gasteiger charge is 2.23. The zero-order valence-electron chi connectivity index (χ0n) is 31.3. The van der Waals surface area contributed by atoms with E-state index in [4.69, 9.17) is 9.97 Å². The monoisotopic (exact) mass is 739 g/mol. The molecule has 5 heteroatoms. The molecule has 4 heterocycles. The molecule has 13 rings (SSSR count). The smallest absolute Gasteiger partial charge is 0.235 e. The van der Waals surface area contributed by atoms with Crippen LogP contribution in [-0.4, -0.2) is 23.7 Å². The van der Waals surface area contributed by atoms with Crippen LogP contribution in [0.4, 0.5) is 0 Å². The number of nitrogens with zero attached hydrogens (tertiary/aromatic N) is 5. The summed E-state index contributed by atoms with van der Waals surface area (Å²) in [4.78, 5) is 10.1. The van der Waals surface area contributed by atoms with Crippen molar-refractivity contribution in [3.8, 4) is 39.7 Å². The Labute approximate surface area is 333 Å². The lowest BCUT2D eigenvalue weighted by Gasteiger charge is -2.11. The molecule has 0 N–H and O–H groups in total. The second-order valence-electron chi connectivity index (χ2n) is 15.4. The average Bonchev–Trinajstić information content (AvgIpc) is 4.02. The highest BCUT2D eigenvalue weighted by molar-refractivity contribution is 6.14. The highest BCUT2D eigenvalue weighted by atomic mass is 15.2. The second kappa shape index (κ2) is 11.9. The SMILES string of the molecule is c1ccc(-n2c3ccccc3c3cc(-n4c5ccccc5c5cc(-c6ccc7c(c6)c6ccccc6n7-c6ncc7c(n6)-c6ccccc6C7)ccc54)ccc32)cc1. The van der Waals surface area contributed by atoms with Crippen LogP contribution in [0.15, 0.2) is 188 Å². The average molecular weight is 740 g/mol. The Balaban J connectivity index is 0.964. The van der Waals surface area contributed by atoms with Crippen LogP contribution in [0.5, 0.6) is 0 Å². The van der Waals surface area contributed by atoms with Gasteiger partial charge in [-0.05, 0) is 89.5 Å². The van der Waals surface area contributed by atoms with Crippen LogP contribution in [0.1, 0.15) is 11.1 Å². The summed E-state index contributed by atoms with van der Waals surface area (Å²) in [5.41, 5.74) is 16.4. The molecule has 0 saturated heterocycles. The molecule has 270 valence electrons. The largest absolute Gasteiger partial charge is 0.309 e. The maximum atomic E-state index is 5.20. The van der Waals surface area contributed by atoms with E-state index in [0.29, 0.717) is 5.95 Å². The van der Waals surface area contributed by atoms with Gasteiger partial charge in [-0.15, -0.1) is 0 Å². The molecule has 0 saturated carbocycles. The van der Waals surface area contributed by atoms with E-state index in [9.17, 15) is 0 Å². The fourth-order valence-electron chi connectivity index (χ4n) is 9.73. The number of para-hydroxylation sites is 4. The minimum atomic E-state index is 0.700. The normalized spacial score (nSPS) is 12.4. The minimum absolute atomic E-state index is 0.700. The minimum Gasteiger partial charge on any atom is -0.309 e. The Bertz CT molecular complexity index is 3660. The zero-order valence-corrected chi connectivity index (χ0v) is 31.3. The predicted molar refractivity (Wildman–Crippen MR) is 239 cm³/mol. The molecule has 0 amide bonds. The molecule has 0 unspecified atom stereocenters. The van der Waals surface area contributed by atoms with Crippen molar-refractivity contribution in [2.45, 2.75) is 6.42 Å². The number of rotatable bonds is 4. The molecule has 5 nitrogen and oxygen atoms in total. The van der Waals surface area contributed by atoms with Gasteiger partial charge in [-0.1, -0.05) is 109 Å². The molecule has 0 fully saturated rings. The van der Waals surface area contributed by atoms with Crippen molar-refractivity contribution < 1.29 is 0 Å². The van der Waals surface area contributed by atoms with Crippen LogP contribution in [0.2, 0.25) is 0 Å². The topological polar surface area (TPSA) is 40.6 Å². The van der Waals surface area contributed by atoms with Crippen molar-refractivity contribution in [1.29, 1.82) is 0 Å². The van der Waals surface area contributed by atoms with Crippen LogP contribution in [0.3, 0.4) is 0 Å². The van der Waals surface area contributed by atoms with Gasteiger partial charge in [-0.25, -0.2) is 9.97 Å². The van der Waals surface area contributed by atoms with Gasteiger partial charge in [0.15, 0.2) is 0 Å². The van der Waals surface area contributed by atoms with Crippen LogP contribution in [-0.2, 0) is 6.42 Å². The number of hydrogen-bond donors (Lipinski definition) is 0. The van der Waals surface area contributed by atoms with Crippen LogP contribution >= 0.6 is 0 Å². The van der Waals surface area contributed by atoms with Gasteiger partial charge in [0, 0.05) is 67.4 Å². The van der Waals surface area contributed by atoms with Gasteiger partial charge in [0.05, 0.1) is 38.8 Å². The van der Waals surface area contributed by atoms with E-state index < -0.39 is 0 Å². The number of aromatic nitrogens is 5. The first-order valence-corrected chi connectivity index (χ1v) is 19.9. The van der Waals surface area contributed by atoms with E-state index in [0.717, 1.165) is 34.5 Å². The van der Waals surface area contributed by atoms with Crippen molar-refractivity contribution in [2.24, 2.45) is 0 Å². The first-order chi connectivity index (χ1) is 28.8. The van der Waals surface area contributed by atoms with E-state index in [1.165, 1.54) is 82.2 Å². The summed E-state index contributed by atoms with van der Waals surface area (Å²) in [6.45, 7) is 0. The predicted octanol–water partition coefficient (Wildman–Crippen LogP) is 13.0. The molecule has 0 aliphatic heterocycles. The molecular weight excluding hydrogens is 707 g/mol. The van der Waals surface area contributed by atoms with E-state index >= 15 is 0 Å².